The number of nitrogens with one attached hydrogen (secondary N) is 1. The van der Waals surface area contributed by atoms with Crippen LogP contribution in [0.25, 0.3) is 0 Å². The Bertz CT molecular complexity index is 836. The average molecular weight is 474 g/mol. The molecule has 1 aliphatic heterocycles. The van der Waals surface area contributed by atoms with E-state index in [0.29, 0.717) is 23.0 Å². The van der Waals surface area contributed by atoms with Crippen molar-refractivity contribution in [2.45, 2.75) is 88.7 Å². The van der Waals surface area contributed by atoms with E-state index in [0.717, 1.165) is 19.6 Å². The van der Waals surface area contributed by atoms with Gasteiger partial charge < -0.3 is 4.74 Å². The van der Waals surface area contributed by atoms with E-state index in [1.807, 2.05) is 18.9 Å². The number of hydrogen-bond donors (Lipinski definition) is 1. The summed E-state index contributed by atoms with van der Waals surface area (Å²) in [6.07, 6.45) is 8.09. The lowest BCUT2D eigenvalue weighted by molar-refractivity contribution is -0.919. The minimum Gasteiger partial charge on any atom is -0.378 e. The molecule has 0 radical (unpaired) electrons. The number of thioether (sulfide) groups is 1. The molecule has 3 rings (SSSR count). The predicted molar refractivity (Wildman–Crippen MR) is 143 cm³/mol. The van der Waals surface area contributed by atoms with Crippen LogP contribution in [-0.2, 0) is 4.74 Å². The van der Waals surface area contributed by atoms with Crippen LogP contribution in [0.1, 0.15) is 59.4 Å². The van der Waals surface area contributed by atoms with Gasteiger partial charge >= 0.3 is 0 Å². The fourth-order valence-electron chi connectivity index (χ4n) is 5.17. The number of allylic oxidation sites excluding steroid dienone is 3. The second-order valence-corrected chi connectivity index (χ2v) is 14.6. The van der Waals surface area contributed by atoms with Crippen molar-refractivity contribution in [3.05, 3.63) is 52.5 Å². The van der Waals surface area contributed by atoms with E-state index in [2.05, 4.69) is 78.0 Å². The van der Waals surface area contributed by atoms with Gasteiger partial charge in [-0.15, -0.1) is 0 Å². The lowest BCUT2D eigenvalue weighted by Crippen LogP contribution is -3.10. The molecule has 1 fully saturated rings. The number of quaternary nitrogens is 1. The number of nitrogens with zero attached hydrogens (tertiary/aromatic N) is 1. The van der Waals surface area contributed by atoms with E-state index < -0.39 is 0 Å². The molecule has 1 aliphatic carbocycles. The summed E-state index contributed by atoms with van der Waals surface area (Å²) in [6, 6.07) is 9.38. The number of rotatable bonds is 10. The van der Waals surface area contributed by atoms with Gasteiger partial charge in [-0.3, -0.25) is 0 Å². The fraction of sp³-hybridized carbons (Fsp3) is 0.593. The highest BCUT2D eigenvalue weighted by Crippen LogP contribution is 2.52. The first-order valence-corrected chi connectivity index (χ1v) is 14.5. The Hall–Kier alpha value is -0.930. The quantitative estimate of drug-likeness (QED) is 0.331. The number of ether oxygens (including phenoxy) is 1. The summed E-state index contributed by atoms with van der Waals surface area (Å²) in [4.78, 5) is 2.69. The van der Waals surface area contributed by atoms with Gasteiger partial charge in [0.1, 0.15) is 24.9 Å². The molecular formula is C27H42N2OPS+. The van der Waals surface area contributed by atoms with Gasteiger partial charge in [-0.2, -0.15) is 0 Å². The fourth-order valence-corrected chi connectivity index (χ4v) is 9.65. The van der Waals surface area contributed by atoms with Crippen molar-refractivity contribution in [2.75, 3.05) is 20.3 Å². The molecule has 32 heavy (non-hydrogen) atoms. The third kappa shape index (κ3) is 6.35. The molecule has 3 atom stereocenters. The van der Waals surface area contributed by atoms with Gasteiger partial charge in [0.2, 0.25) is 0 Å². The van der Waals surface area contributed by atoms with Crippen LogP contribution in [0.2, 0.25) is 0 Å². The second-order valence-electron chi connectivity index (χ2n) is 9.71. The first-order valence-electron chi connectivity index (χ1n) is 12.2. The molecule has 0 saturated carbocycles. The molecule has 3 nitrogen and oxygen atoms in total. The number of methoxy groups -OCH3 is 1. The minimum absolute atomic E-state index is 0.167. The van der Waals surface area contributed by atoms with Crippen LogP contribution in [0, 0.1) is 6.92 Å². The second kappa shape index (κ2) is 12.0. The highest BCUT2D eigenvalue weighted by Gasteiger charge is 2.35. The minimum atomic E-state index is -0.167. The first-order chi connectivity index (χ1) is 15.3. The van der Waals surface area contributed by atoms with Crippen LogP contribution >= 0.6 is 19.7 Å². The smallest absolute Gasteiger partial charge is 0.135 e. The van der Waals surface area contributed by atoms with Gasteiger partial charge in [-0.1, -0.05) is 89.3 Å². The molecule has 0 bridgehead atoms. The molecule has 1 aromatic rings. The highest BCUT2D eigenvalue weighted by molar-refractivity contribution is 8.03. The van der Waals surface area contributed by atoms with E-state index in [1.165, 1.54) is 44.5 Å². The van der Waals surface area contributed by atoms with Crippen LogP contribution in [0.4, 0.5) is 0 Å². The Labute approximate surface area is 201 Å². The molecule has 1 heterocycles. The summed E-state index contributed by atoms with van der Waals surface area (Å²) < 4.78 is 5.54. The standard InChI is InChI=1S/C27H41N2OPS/c1-19(2)31(20(3)4)22(6)27(28-29-17-9-10-23(29)18-30-7)25-11-8-12-26(25)32-24-15-13-21(5)14-16-24/h8,12-16,19-20,22-23H,9-11,17-18H2,1-7H3/p+1/b28-27+. The molecule has 1 aromatic carbocycles. The van der Waals surface area contributed by atoms with E-state index in [-0.39, 0.29) is 7.92 Å². The molecule has 1 N–H and O–H groups in total. The molecule has 0 spiro atoms. The third-order valence-corrected chi connectivity index (χ3v) is 11.2. The molecule has 0 amide bonds. The Morgan fingerprint density at radius 2 is 1.84 bits per heavy atom. The molecule has 5 heteroatoms. The van der Waals surface area contributed by atoms with Gasteiger partial charge in [0.15, 0.2) is 0 Å². The summed E-state index contributed by atoms with van der Waals surface area (Å²) in [6.45, 7) is 16.1. The lowest BCUT2D eigenvalue weighted by atomic mass is 10.1. The molecular weight excluding hydrogens is 431 g/mol. The Morgan fingerprint density at radius 1 is 1.16 bits per heavy atom. The summed E-state index contributed by atoms with van der Waals surface area (Å²) in [5.41, 5.74) is 5.99. The zero-order valence-corrected chi connectivity index (χ0v) is 22.7. The van der Waals surface area contributed by atoms with Crippen molar-refractivity contribution in [1.29, 1.82) is 0 Å². The molecule has 3 unspecified atom stereocenters. The van der Waals surface area contributed by atoms with Crippen molar-refractivity contribution in [2.24, 2.45) is 5.10 Å². The zero-order chi connectivity index (χ0) is 23.3. The molecule has 2 aliphatic rings. The Balaban J connectivity index is 2.00. The van der Waals surface area contributed by atoms with Crippen LogP contribution in [0.3, 0.4) is 0 Å². The van der Waals surface area contributed by atoms with E-state index in [9.17, 15) is 0 Å². The number of aryl methyl sites for hydroxylation is 1. The Morgan fingerprint density at radius 3 is 2.47 bits per heavy atom. The SMILES string of the molecule is COCC1CCC[NH+]1/N=C(/C1=C(Sc2ccc(C)cc2)C=CC1)C(C)P(C(C)C)C(C)C. The largest absolute Gasteiger partial charge is 0.378 e. The van der Waals surface area contributed by atoms with Gasteiger partial charge in [0, 0.05) is 35.4 Å². The van der Waals surface area contributed by atoms with Gasteiger partial charge in [-0.25, -0.2) is 5.01 Å². The van der Waals surface area contributed by atoms with Gasteiger partial charge in [0.25, 0.3) is 0 Å². The average Bonchev–Trinajstić information content (AvgIpc) is 3.37. The van der Waals surface area contributed by atoms with Crippen molar-refractivity contribution in [3.63, 3.8) is 0 Å². The zero-order valence-electron chi connectivity index (χ0n) is 21.0. The number of benzene rings is 1. The van der Waals surface area contributed by atoms with Crippen LogP contribution in [-0.4, -0.2) is 49.0 Å². The summed E-state index contributed by atoms with van der Waals surface area (Å²) in [5, 5.41) is 6.88. The van der Waals surface area contributed by atoms with E-state index in [4.69, 9.17) is 9.84 Å². The van der Waals surface area contributed by atoms with Crippen molar-refractivity contribution in [3.8, 4) is 0 Å². The first kappa shape index (κ1) is 25.7. The Kier molecular flexibility index (Phi) is 9.61. The van der Waals surface area contributed by atoms with Crippen molar-refractivity contribution < 1.29 is 9.75 Å². The lowest BCUT2D eigenvalue weighted by Gasteiger charge is -2.33. The van der Waals surface area contributed by atoms with Gasteiger partial charge in [0.05, 0.1) is 0 Å². The van der Waals surface area contributed by atoms with Crippen LogP contribution < -0.4 is 5.01 Å². The van der Waals surface area contributed by atoms with E-state index >= 15 is 0 Å². The number of hydrogen-bond acceptors (Lipinski definition) is 3. The summed E-state index contributed by atoms with van der Waals surface area (Å²) >= 11 is 1.90. The highest BCUT2D eigenvalue weighted by atomic mass is 32.2. The summed E-state index contributed by atoms with van der Waals surface area (Å²) in [7, 11) is 1.65. The molecule has 0 aromatic heterocycles. The topological polar surface area (TPSA) is 26.0 Å². The monoisotopic (exact) mass is 473 g/mol. The maximum atomic E-state index is 5.54. The molecule has 176 valence electrons. The third-order valence-electron chi connectivity index (χ3n) is 6.57. The maximum Gasteiger partial charge on any atom is 0.135 e. The predicted octanol–water partition coefficient (Wildman–Crippen LogP) is 6.04. The van der Waals surface area contributed by atoms with Crippen LogP contribution in [0.15, 0.2) is 56.9 Å². The normalized spacial score (nSPS) is 22.8. The maximum absolute atomic E-state index is 5.54. The molecule has 1 saturated heterocycles. The van der Waals surface area contributed by atoms with Crippen molar-refractivity contribution >= 4 is 25.4 Å². The van der Waals surface area contributed by atoms with Gasteiger partial charge in [-0.05, 0) is 42.4 Å². The van der Waals surface area contributed by atoms with Crippen molar-refractivity contribution in [1.82, 2.24) is 0 Å². The van der Waals surface area contributed by atoms with Crippen LogP contribution in [0.5, 0.6) is 0 Å². The van der Waals surface area contributed by atoms with E-state index in [1.54, 1.807) is 0 Å². The summed E-state index contributed by atoms with van der Waals surface area (Å²) in [5.74, 6) is 0.